The van der Waals surface area contributed by atoms with Gasteiger partial charge in [0.15, 0.2) is 5.58 Å². The Labute approximate surface area is 284 Å². The minimum atomic E-state index is -0.0271. The molecule has 0 saturated carbocycles. The molecule has 6 aromatic carbocycles. The summed E-state index contributed by atoms with van der Waals surface area (Å²) in [6.07, 6.45) is 8.94. The van der Waals surface area contributed by atoms with E-state index < -0.39 is 0 Å². The van der Waals surface area contributed by atoms with Gasteiger partial charge in [0.2, 0.25) is 5.89 Å². The number of anilines is 6. The summed E-state index contributed by atoms with van der Waals surface area (Å²) < 4.78 is 6.53. The lowest BCUT2D eigenvalue weighted by Crippen LogP contribution is -2.55. The number of hydrogen-bond donors (Lipinski definition) is 0. The van der Waals surface area contributed by atoms with Crippen LogP contribution in [0.4, 0.5) is 34.1 Å². The molecule has 0 bridgehead atoms. The third kappa shape index (κ3) is 3.80. The van der Waals surface area contributed by atoms with Crippen molar-refractivity contribution < 1.29 is 4.42 Å². The second-order valence-corrected chi connectivity index (χ2v) is 13.1. The SMILES string of the molecule is C1=CC2c3ccccc3N(c3ccc(-c4nc5ccc(N6B7c8ccccc8-c8ccccc8N7c7ccccc76)cc5o4)cc3)C2C=C1. The summed E-state index contributed by atoms with van der Waals surface area (Å²) in [7, 11) is 0. The molecule has 1 aromatic heterocycles. The molecule has 2 unspecified atom stereocenters. The molecule has 0 fully saturated rings. The second-order valence-electron chi connectivity index (χ2n) is 13.1. The molecule has 6 heteroatoms. The van der Waals surface area contributed by atoms with Crippen molar-refractivity contribution in [3.05, 3.63) is 169 Å². The molecule has 0 N–H and O–H groups in total. The number of fused-ring (bicyclic) bond motifs is 12. The maximum absolute atomic E-state index is 6.53. The van der Waals surface area contributed by atoms with E-state index in [0.717, 1.165) is 28.0 Å². The van der Waals surface area contributed by atoms with E-state index in [9.17, 15) is 0 Å². The Balaban J connectivity index is 0.971. The molecule has 230 valence electrons. The van der Waals surface area contributed by atoms with Crippen molar-refractivity contribution in [3.63, 3.8) is 0 Å². The van der Waals surface area contributed by atoms with Crippen molar-refractivity contribution in [2.45, 2.75) is 12.0 Å². The second kappa shape index (κ2) is 10.1. The molecular weight excluding hydrogens is 599 g/mol. The Hall–Kier alpha value is -6.27. The maximum Gasteiger partial charge on any atom is 0.421 e. The first kappa shape index (κ1) is 26.8. The van der Waals surface area contributed by atoms with Gasteiger partial charge in [-0.25, -0.2) is 4.98 Å². The Bertz CT molecular complexity index is 2520. The fraction of sp³-hybridized carbons (Fsp3) is 0.0465. The average Bonchev–Trinajstić information content (AvgIpc) is 3.85. The topological polar surface area (TPSA) is 35.8 Å². The van der Waals surface area contributed by atoms with E-state index in [1.807, 2.05) is 0 Å². The molecule has 4 heterocycles. The van der Waals surface area contributed by atoms with Crippen molar-refractivity contribution >= 4 is 57.7 Å². The fourth-order valence-corrected chi connectivity index (χ4v) is 8.49. The van der Waals surface area contributed by atoms with E-state index in [1.165, 1.54) is 44.9 Å². The molecule has 5 nitrogen and oxygen atoms in total. The van der Waals surface area contributed by atoms with Crippen LogP contribution in [-0.4, -0.2) is 18.0 Å². The number of aromatic nitrogens is 1. The number of nitrogens with zero attached hydrogens (tertiary/aromatic N) is 4. The number of para-hydroxylation sites is 4. The van der Waals surface area contributed by atoms with Crippen molar-refractivity contribution in [1.82, 2.24) is 4.98 Å². The van der Waals surface area contributed by atoms with Gasteiger partial charge in [-0.3, -0.25) is 0 Å². The maximum atomic E-state index is 6.53. The largest absolute Gasteiger partial charge is 0.436 e. The molecule has 0 amide bonds. The summed E-state index contributed by atoms with van der Waals surface area (Å²) in [6, 6.07) is 50.3. The third-order valence-electron chi connectivity index (χ3n) is 10.6. The van der Waals surface area contributed by atoms with Crippen LogP contribution in [0, 0.1) is 0 Å². The molecular formula is C43H29BN4O. The van der Waals surface area contributed by atoms with Crippen LogP contribution in [0.2, 0.25) is 0 Å². The van der Waals surface area contributed by atoms with Gasteiger partial charge in [-0.1, -0.05) is 97.1 Å². The van der Waals surface area contributed by atoms with Gasteiger partial charge < -0.3 is 18.9 Å². The number of benzene rings is 6. The number of oxazole rings is 1. The van der Waals surface area contributed by atoms with Gasteiger partial charge in [0, 0.05) is 45.9 Å². The van der Waals surface area contributed by atoms with Crippen LogP contribution in [-0.2, 0) is 0 Å². The zero-order valence-corrected chi connectivity index (χ0v) is 26.5. The molecule has 0 saturated heterocycles. The first-order valence-electron chi connectivity index (χ1n) is 16.9. The zero-order valence-electron chi connectivity index (χ0n) is 26.5. The summed E-state index contributed by atoms with van der Waals surface area (Å²) in [6.45, 7) is -0.0271. The van der Waals surface area contributed by atoms with Gasteiger partial charge in [0.1, 0.15) is 5.52 Å². The number of hydrogen-bond acceptors (Lipinski definition) is 5. The first-order valence-corrected chi connectivity index (χ1v) is 16.9. The minimum Gasteiger partial charge on any atom is -0.436 e. The molecule has 49 heavy (non-hydrogen) atoms. The summed E-state index contributed by atoms with van der Waals surface area (Å²) >= 11 is 0. The quantitative estimate of drug-likeness (QED) is 0.182. The predicted octanol–water partition coefficient (Wildman–Crippen LogP) is 9.89. The zero-order chi connectivity index (χ0) is 32.1. The predicted molar refractivity (Wildman–Crippen MR) is 201 cm³/mol. The summed E-state index contributed by atoms with van der Waals surface area (Å²) in [5.41, 5.74) is 14.8. The minimum absolute atomic E-state index is 0.0271. The van der Waals surface area contributed by atoms with Gasteiger partial charge in [-0.2, -0.15) is 0 Å². The van der Waals surface area contributed by atoms with Gasteiger partial charge >= 0.3 is 6.98 Å². The van der Waals surface area contributed by atoms with Crippen molar-refractivity contribution in [1.29, 1.82) is 0 Å². The molecule has 4 aliphatic rings. The highest BCUT2D eigenvalue weighted by Crippen LogP contribution is 2.51. The molecule has 11 rings (SSSR count). The van der Waals surface area contributed by atoms with Gasteiger partial charge in [0.05, 0.1) is 17.4 Å². The molecule has 0 radical (unpaired) electrons. The van der Waals surface area contributed by atoms with Gasteiger partial charge in [-0.05, 0) is 77.3 Å². The highest BCUT2D eigenvalue weighted by molar-refractivity contribution is 6.86. The van der Waals surface area contributed by atoms with Crippen LogP contribution in [0.1, 0.15) is 11.5 Å². The molecule has 1 aliphatic carbocycles. The molecule has 2 atom stereocenters. The Morgan fingerprint density at radius 1 is 0.571 bits per heavy atom. The molecule has 0 spiro atoms. The van der Waals surface area contributed by atoms with E-state index in [-0.39, 0.29) is 13.0 Å². The van der Waals surface area contributed by atoms with Crippen LogP contribution in [0.3, 0.4) is 0 Å². The van der Waals surface area contributed by atoms with Crippen LogP contribution >= 0.6 is 0 Å². The monoisotopic (exact) mass is 628 g/mol. The highest BCUT2D eigenvalue weighted by atomic mass is 16.3. The van der Waals surface area contributed by atoms with Crippen molar-refractivity contribution in [2.24, 2.45) is 0 Å². The highest BCUT2D eigenvalue weighted by Gasteiger charge is 2.47. The lowest BCUT2D eigenvalue weighted by molar-refractivity contribution is 0.620. The van der Waals surface area contributed by atoms with E-state index >= 15 is 0 Å². The third-order valence-corrected chi connectivity index (χ3v) is 10.6. The number of allylic oxidation sites excluding steroid dienone is 2. The molecule has 7 aromatic rings. The normalized spacial score (nSPS) is 17.9. The van der Waals surface area contributed by atoms with Crippen molar-refractivity contribution in [3.8, 4) is 22.6 Å². The smallest absolute Gasteiger partial charge is 0.421 e. The molecule has 3 aliphatic heterocycles. The summed E-state index contributed by atoms with van der Waals surface area (Å²) in [4.78, 5) is 12.3. The lowest BCUT2D eigenvalue weighted by atomic mass is 9.59. The van der Waals surface area contributed by atoms with Crippen LogP contribution in [0.25, 0.3) is 33.7 Å². The van der Waals surface area contributed by atoms with E-state index in [1.54, 1.807) is 0 Å². The Morgan fingerprint density at radius 2 is 1.24 bits per heavy atom. The fourth-order valence-electron chi connectivity index (χ4n) is 8.49. The Morgan fingerprint density at radius 3 is 2.10 bits per heavy atom. The van der Waals surface area contributed by atoms with Gasteiger partial charge in [-0.15, -0.1) is 0 Å². The van der Waals surface area contributed by atoms with E-state index in [0.29, 0.717) is 11.8 Å². The van der Waals surface area contributed by atoms with E-state index in [4.69, 9.17) is 9.40 Å². The summed E-state index contributed by atoms with van der Waals surface area (Å²) in [5, 5.41) is 0. The average molecular weight is 629 g/mol. The standard InChI is InChI=1S/C43H29BN4O/c1-5-15-35-31(11-1)32-12-4-8-18-39(32)48-41-20-10-9-19-40(41)47(44(35)48)30-25-26-36-42(27-30)49-43(45-36)28-21-23-29(24-22-28)46-37-16-6-2-13-33(37)34-14-3-7-17-38(34)46/h1-27,33,37H. The van der Waals surface area contributed by atoms with Crippen molar-refractivity contribution in [2.75, 3.05) is 14.5 Å². The van der Waals surface area contributed by atoms with E-state index in [2.05, 4.69) is 178 Å². The van der Waals surface area contributed by atoms with Crippen LogP contribution < -0.4 is 20.0 Å². The van der Waals surface area contributed by atoms with Crippen LogP contribution in [0.5, 0.6) is 0 Å². The van der Waals surface area contributed by atoms with Crippen LogP contribution in [0.15, 0.2) is 168 Å². The first-order chi connectivity index (χ1) is 24.3. The number of rotatable bonds is 3. The summed E-state index contributed by atoms with van der Waals surface area (Å²) in [5.74, 6) is 0.984. The Kier molecular flexibility index (Phi) is 5.53. The van der Waals surface area contributed by atoms with Gasteiger partial charge in [0.25, 0.3) is 0 Å². The lowest BCUT2D eigenvalue weighted by Gasteiger charge is -2.36.